The van der Waals surface area contributed by atoms with E-state index in [9.17, 15) is 0 Å². The predicted octanol–water partition coefficient (Wildman–Crippen LogP) is 14.8. The Morgan fingerprint density at radius 3 is 1.00 bits per heavy atom. The van der Waals surface area contributed by atoms with E-state index in [4.69, 9.17) is 0 Å². The Bertz CT molecular complexity index is 1740. The summed E-state index contributed by atoms with van der Waals surface area (Å²) in [7, 11) is 0. The second kappa shape index (κ2) is 16.3. The average molecular weight is 669 g/mol. The van der Waals surface area contributed by atoms with Crippen LogP contribution >= 0.6 is 0 Å². The number of fused-ring (bicyclic) bond motifs is 3. The van der Waals surface area contributed by atoms with Crippen LogP contribution in [0.1, 0.15) is 89.2 Å². The highest BCUT2D eigenvalue weighted by Gasteiger charge is 2.43. The second-order valence-corrected chi connectivity index (χ2v) is 14.2. The fourth-order valence-electron chi connectivity index (χ4n) is 8.32. The van der Waals surface area contributed by atoms with Gasteiger partial charge in [-0.2, -0.15) is 0 Å². The van der Waals surface area contributed by atoms with Crippen LogP contribution in [0.2, 0.25) is 0 Å². The standard InChI is InChI=1S/C49H52N2/c1-3-5-7-21-35-49(36-22-8-6-4-2)47-37-43(50(39-23-13-9-14-24-39)40-25-15-10-16-26-40)31-33-45(47)46-34-32-44(38-48(46)49)51(41-27-17-11-18-28-41)42-29-19-12-20-30-42/h9-20,23-34,37-38H,3-8,21-22,35-36H2,1-2H3. The van der Waals surface area contributed by atoms with Crippen LogP contribution in [0.5, 0.6) is 0 Å². The summed E-state index contributed by atoms with van der Waals surface area (Å²) in [5.74, 6) is 0. The molecule has 7 rings (SSSR count). The third kappa shape index (κ3) is 7.24. The Labute approximate surface area is 306 Å². The fraction of sp³-hybridized carbons (Fsp3) is 0.265. The van der Waals surface area contributed by atoms with E-state index in [0.29, 0.717) is 0 Å². The number of para-hydroxylation sites is 4. The van der Waals surface area contributed by atoms with Crippen LogP contribution in [0, 0.1) is 0 Å². The zero-order valence-corrected chi connectivity index (χ0v) is 30.5. The highest BCUT2D eigenvalue weighted by Crippen LogP contribution is 2.57. The Morgan fingerprint density at radius 2 is 0.686 bits per heavy atom. The summed E-state index contributed by atoms with van der Waals surface area (Å²) in [6.45, 7) is 4.64. The monoisotopic (exact) mass is 668 g/mol. The summed E-state index contributed by atoms with van der Waals surface area (Å²) in [5, 5.41) is 0. The summed E-state index contributed by atoms with van der Waals surface area (Å²) in [6.07, 6.45) is 12.4. The number of hydrogen-bond acceptors (Lipinski definition) is 2. The van der Waals surface area contributed by atoms with Crippen molar-refractivity contribution < 1.29 is 0 Å². The summed E-state index contributed by atoms with van der Waals surface area (Å²) < 4.78 is 0. The molecular formula is C49H52N2. The molecule has 0 atom stereocenters. The van der Waals surface area contributed by atoms with E-state index in [-0.39, 0.29) is 5.41 Å². The average Bonchev–Trinajstić information content (AvgIpc) is 3.45. The third-order valence-corrected chi connectivity index (χ3v) is 10.8. The summed E-state index contributed by atoms with van der Waals surface area (Å²) in [4.78, 5) is 4.86. The highest BCUT2D eigenvalue weighted by molar-refractivity contribution is 5.88. The molecule has 2 nitrogen and oxygen atoms in total. The molecule has 0 unspecified atom stereocenters. The third-order valence-electron chi connectivity index (χ3n) is 10.8. The Morgan fingerprint density at radius 1 is 0.353 bits per heavy atom. The van der Waals surface area contributed by atoms with E-state index in [1.54, 1.807) is 0 Å². The van der Waals surface area contributed by atoms with Gasteiger partial charge in [-0.15, -0.1) is 0 Å². The maximum absolute atomic E-state index is 2.56. The van der Waals surface area contributed by atoms with Gasteiger partial charge in [-0.3, -0.25) is 0 Å². The SMILES string of the molecule is CCCCCCC1(CCCCCC)c2cc(N(c3ccccc3)c3ccccc3)ccc2-c2ccc(N(c3ccccc3)c3ccccc3)cc21. The number of hydrogen-bond donors (Lipinski definition) is 0. The van der Waals surface area contributed by atoms with Crippen LogP contribution < -0.4 is 9.80 Å². The Balaban J connectivity index is 1.41. The van der Waals surface area contributed by atoms with E-state index in [1.807, 2.05) is 0 Å². The summed E-state index contributed by atoms with van der Waals surface area (Å²) in [6, 6.07) is 58.1. The molecule has 0 heterocycles. The van der Waals surface area contributed by atoms with E-state index in [2.05, 4.69) is 181 Å². The second-order valence-electron chi connectivity index (χ2n) is 14.2. The molecule has 2 heteroatoms. The van der Waals surface area contributed by atoms with Gasteiger partial charge in [0.05, 0.1) is 0 Å². The number of nitrogens with zero attached hydrogens (tertiary/aromatic N) is 2. The molecule has 0 fully saturated rings. The minimum absolute atomic E-state index is 0.0593. The first kappa shape index (κ1) is 34.4. The van der Waals surface area contributed by atoms with E-state index in [0.717, 1.165) is 0 Å². The van der Waals surface area contributed by atoms with Gasteiger partial charge >= 0.3 is 0 Å². The van der Waals surface area contributed by atoms with Crippen molar-refractivity contribution in [1.29, 1.82) is 0 Å². The molecular weight excluding hydrogens is 617 g/mol. The zero-order chi connectivity index (χ0) is 34.9. The van der Waals surface area contributed by atoms with Gasteiger partial charge in [0.25, 0.3) is 0 Å². The normalized spacial score (nSPS) is 12.7. The molecule has 6 aromatic carbocycles. The first-order chi connectivity index (χ1) is 25.2. The molecule has 0 spiro atoms. The molecule has 0 saturated carbocycles. The Kier molecular flexibility index (Phi) is 11.0. The molecule has 0 N–H and O–H groups in total. The molecule has 0 radical (unpaired) electrons. The lowest BCUT2D eigenvalue weighted by molar-refractivity contribution is 0.401. The van der Waals surface area contributed by atoms with Gasteiger partial charge in [-0.05, 0) is 108 Å². The van der Waals surface area contributed by atoms with E-state index < -0.39 is 0 Å². The molecule has 1 aliphatic carbocycles. The van der Waals surface area contributed by atoms with Crippen LogP contribution in [0.3, 0.4) is 0 Å². The molecule has 6 aromatic rings. The van der Waals surface area contributed by atoms with E-state index in [1.165, 1.54) is 121 Å². The number of anilines is 6. The van der Waals surface area contributed by atoms with Crippen LogP contribution in [0.15, 0.2) is 158 Å². The highest BCUT2D eigenvalue weighted by atomic mass is 15.1. The molecule has 0 amide bonds. The van der Waals surface area contributed by atoms with Crippen molar-refractivity contribution in [2.24, 2.45) is 0 Å². The smallest absolute Gasteiger partial charge is 0.0465 e. The largest absolute Gasteiger partial charge is 0.310 e. The van der Waals surface area contributed by atoms with Crippen molar-refractivity contribution in [3.05, 3.63) is 169 Å². The topological polar surface area (TPSA) is 6.48 Å². The fourth-order valence-corrected chi connectivity index (χ4v) is 8.32. The van der Waals surface area contributed by atoms with Gasteiger partial charge in [-0.25, -0.2) is 0 Å². The predicted molar refractivity (Wildman–Crippen MR) is 220 cm³/mol. The molecule has 51 heavy (non-hydrogen) atoms. The van der Waals surface area contributed by atoms with Crippen molar-refractivity contribution in [3.63, 3.8) is 0 Å². The lowest BCUT2D eigenvalue weighted by Gasteiger charge is -2.35. The number of benzene rings is 6. The van der Waals surface area contributed by atoms with Gasteiger partial charge in [0, 0.05) is 39.5 Å². The van der Waals surface area contributed by atoms with Crippen LogP contribution in [-0.2, 0) is 5.41 Å². The van der Waals surface area contributed by atoms with Crippen LogP contribution in [-0.4, -0.2) is 0 Å². The molecule has 1 aliphatic rings. The maximum atomic E-state index is 2.56. The van der Waals surface area contributed by atoms with Gasteiger partial charge in [-0.1, -0.05) is 150 Å². The van der Waals surface area contributed by atoms with Crippen molar-refractivity contribution in [2.75, 3.05) is 9.80 Å². The van der Waals surface area contributed by atoms with E-state index >= 15 is 0 Å². The van der Waals surface area contributed by atoms with Gasteiger partial charge in [0.15, 0.2) is 0 Å². The molecule has 0 aromatic heterocycles. The van der Waals surface area contributed by atoms with Crippen LogP contribution in [0.4, 0.5) is 34.1 Å². The molecule has 258 valence electrons. The Hall–Kier alpha value is -5.08. The first-order valence-electron chi connectivity index (χ1n) is 19.3. The molecule has 0 saturated heterocycles. The minimum Gasteiger partial charge on any atom is -0.310 e. The van der Waals surface area contributed by atoms with Crippen LogP contribution in [0.25, 0.3) is 11.1 Å². The van der Waals surface area contributed by atoms with Gasteiger partial charge < -0.3 is 9.80 Å². The molecule has 0 aliphatic heterocycles. The minimum atomic E-state index is -0.0593. The van der Waals surface area contributed by atoms with Gasteiger partial charge in [0.2, 0.25) is 0 Å². The number of unbranched alkanes of at least 4 members (excludes halogenated alkanes) is 6. The molecule has 0 bridgehead atoms. The van der Waals surface area contributed by atoms with Crippen molar-refractivity contribution in [3.8, 4) is 11.1 Å². The lowest BCUT2D eigenvalue weighted by atomic mass is 9.70. The first-order valence-corrected chi connectivity index (χ1v) is 19.3. The van der Waals surface area contributed by atoms with Crippen molar-refractivity contribution >= 4 is 34.1 Å². The number of rotatable bonds is 16. The zero-order valence-electron chi connectivity index (χ0n) is 30.5. The maximum Gasteiger partial charge on any atom is 0.0465 e. The lowest BCUT2D eigenvalue weighted by Crippen LogP contribution is -2.26. The van der Waals surface area contributed by atoms with Gasteiger partial charge in [0.1, 0.15) is 0 Å². The van der Waals surface area contributed by atoms with Crippen molar-refractivity contribution in [2.45, 2.75) is 83.5 Å². The summed E-state index contributed by atoms with van der Waals surface area (Å²) >= 11 is 0. The quantitative estimate of drug-likeness (QED) is 0.0947. The summed E-state index contributed by atoms with van der Waals surface area (Å²) in [5.41, 5.74) is 12.9. The van der Waals surface area contributed by atoms with Crippen molar-refractivity contribution in [1.82, 2.24) is 0 Å².